The van der Waals surface area contributed by atoms with Crippen LogP contribution in [-0.2, 0) is 19.1 Å². The number of thioether (sulfide) groups is 1. The molecule has 0 aliphatic carbocycles. The van der Waals surface area contributed by atoms with Gasteiger partial charge in [0.05, 0.1) is 13.2 Å². The summed E-state index contributed by atoms with van der Waals surface area (Å²) in [6.07, 6.45) is 3.47. The molecule has 108 valence electrons. The van der Waals surface area contributed by atoms with Crippen LogP contribution >= 0.6 is 11.8 Å². The lowest BCUT2D eigenvalue weighted by molar-refractivity contribution is -0.146. The Morgan fingerprint density at radius 3 is 1.95 bits per heavy atom. The minimum absolute atomic E-state index is 0.0920. The van der Waals surface area contributed by atoms with Crippen LogP contribution in [0.4, 0.5) is 0 Å². The van der Waals surface area contributed by atoms with Crippen LogP contribution in [-0.4, -0.2) is 31.4 Å². The first-order chi connectivity index (χ1) is 9.62. The van der Waals surface area contributed by atoms with Gasteiger partial charge in [0.25, 0.3) is 0 Å². The molecule has 0 aliphatic heterocycles. The van der Waals surface area contributed by atoms with Crippen molar-refractivity contribution < 1.29 is 19.1 Å². The molecule has 0 bridgehead atoms. The highest BCUT2D eigenvalue weighted by Gasteiger charge is 2.20. The molecule has 0 spiro atoms. The van der Waals surface area contributed by atoms with E-state index < -0.39 is 11.9 Å². The average molecular weight is 294 g/mol. The molecule has 1 rings (SSSR count). The standard InChI is InChI=1S/C15H18O4S/c1-4-18-14(16)13(15(17)19-5-2)10-11-6-8-12(20-3)9-7-11/h6-10H,4-5H2,1-3H3. The van der Waals surface area contributed by atoms with E-state index in [2.05, 4.69) is 0 Å². The summed E-state index contributed by atoms with van der Waals surface area (Å²) in [7, 11) is 0. The fraction of sp³-hybridized carbons (Fsp3) is 0.333. The number of carbonyl (C=O) groups is 2. The van der Waals surface area contributed by atoms with Gasteiger partial charge in [0.2, 0.25) is 0 Å². The van der Waals surface area contributed by atoms with E-state index in [-0.39, 0.29) is 18.8 Å². The highest BCUT2D eigenvalue weighted by Crippen LogP contribution is 2.17. The third kappa shape index (κ3) is 4.74. The summed E-state index contributed by atoms with van der Waals surface area (Å²) in [5.74, 6) is -1.33. The highest BCUT2D eigenvalue weighted by atomic mass is 32.2. The van der Waals surface area contributed by atoms with Crippen molar-refractivity contribution in [1.82, 2.24) is 0 Å². The zero-order chi connectivity index (χ0) is 15.0. The lowest BCUT2D eigenvalue weighted by Crippen LogP contribution is -2.18. The second kappa shape index (κ2) is 8.43. The van der Waals surface area contributed by atoms with Gasteiger partial charge in [-0.15, -0.1) is 11.8 Å². The molecule has 0 fully saturated rings. The molecule has 0 aromatic heterocycles. The van der Waals surface area contributed by atoms with Crippen LogP contribution < -0.4 is 0 Å². The fourth-order valence-corrected chi connectivity index (χ4v) is 1.89. The zero-order valence-corrected chi connectivity index (χ0v) is 12.7. The first kappa shape index (κ1) is 16.3. The van der Waals surface area contributed by atoms with Gasteiger partial charge >= 0.3 is 11.9 Å². The normalized spacial score (nSPS) is 9.75. The van der Waals surface area contributed by atoms with Crippen LogP contribution in [0.25, 0.3) is 6.08 Å². The summed E-state index contributed by atoms with van der Waals surface area (Å²) in [5, 5.41) is 0. The second-order valence-corrected chi connectivity index (χ2v) is 4.65. The summed E-state index contributed by atoms with van der Waals surface area (Å²) in [6.45, 7) is 3.80. The minimum atomic E-state index is -0.667. The van der Waals surface area contributed by atoms with Crippen molar-refractivity contribution in [2.45, 2.75) is 18.7 Å². The summed E-state index contributed by atoms with van der Waals surface area (Å²) in [4.78, 5) is 24.7. The lowest BCUT2D eigenvalue weighted by Gasteiger charge is -2.06. The quantitative estimate of drug-likeness (QED) is 0.265. The highest BCUT2D eigenvalue weighted by molar-refractivity contribution is 7.98. The van der Waals surface area contributed by atoms with Crippen molar-refractivity contribution in [3.05, 3.63) is 35.4 Å². The molecule has 1 aromatic rings. The molecule has 0 amide bonds. The Balaban J connectivity index is 3.03. The van der Waals surface area contributed by atoms with Gasteiger partial charge in [0.1, 0.15) is 5.57 Å². The first-order valence-corrected chi connectivity index (χ1v) is 7.54. The van der Waals surface area contributed by atoms with Crippen molar-refractivity contribution in [3.8, 4) is 0 Å². The Kier molecular flexibility index (Phi) is 6.87. The predicted octanol–water partition coefficient (Wildman–Crippen LogP) is 2.92. The van der Waals surface area contributed by atoms with Crippen molar-refractivity contribution >= 4 is 29.8 Å². The molecule has 5 heteroatoms. The molecule has 0 saturated carbocycles. The van der Waals surface area contributed by atoms with Gasteiger partial charge in [-0.1, -0.05) is 12.1 Å². The van der Waals surface area contributed by atoms with Gasteiger partial charge in [-0.05, 0) is 43.9 Å². The topological polar surface area (TPSA) is 52.6 Å². The Hall–Kier alpha value is -1.75. The summed E-state index contributed by atoms with van der Waals surface area (Å²) in [5.41, 5.74) is 0.657. The third-order valence-electron chi connectivity index (χ3n) is 2.42. The minimum Gasteiger partial charge on any atom is -0.462 e. The lowest BCUT2D eigenvalue weighted by atomic mass is 10.1. The first-order valence-electron chi connectivity index (χ1n) is 6.32. The fourth-order valence-electron chi connectivity index (χ4n) is 1.49. The van der Waals surface area contributed by atoms with Crippen LogP contribution in [0.1, 0.15) is 19.4 Å². The van der Waals surface area contributed by atoms with E-state index in [9.17, 15) is 9.59 Å². The molecule has 0 N–H and O–H groups in total. The molecule has 4 nitrogen and oxygen atoms in total. The molecule has 20 heavy (non-hydrogen) atoms. The largest absolute Gasteiger partial charge is 0.462 e. The summed E-state index contributed by atoms with van der Waals surface area (Å²) < 4.78 is 9.75. The van der Waals surface area contributed by atoms with Crippen molar-refractivity contribution in [3.63, 3.8) is 0 Å². The number of ether oxygens (including phenoxy) is 2. The molecule has 0 unspecified atom stereocenters. The van der Waals surface area contributed by atoms with Gasteiger partial charge in [-0.25, -0.2) is 9.59 Å². The summed E-state index contributed by atoms with van der Waals surface area (Å²) >= 11 is 1.62. The van der Waals surface area contributed by atoms with Crippen LogP contribution in [0.5, 0.6) is 0 Å². The zero-order valence-electron chi connectivity index (χ0n) is 11.8. The smallest absolute Gasteiger partial charge is 0.345 e. The van der Waals surface area contributed by atoms with E-state index >= 15 is 0 Å². The predicted molar refractivity (Wildman–Crippen MR) is 79.5 cm³/mol. The molecular formula is C15H18O4S. The van der Waals surface area contributed by atoms with Crippen LogP contribution in [0.2, 0.25) is 0 Å². The van der Waals surface area contributed by atoms with E-state index in [1.165, 1.54) is 6.08 Å². The Morgan fingerprint density at radius 1 is 1.05 bits per heavy atom. The van der Waals surface area contributed by atoms with E-state index in [4.69, 9.17) is 9.47 Å². The maximum atomic E-state index is 11.8. The molecule has 0 saturated heterocycles. The Bertz CT molecular complexity index is 471. The van der Waals surface area contributed by atoms with Crippen LogP contribution in [0, 0.1) is 0 Å². The monoisotopic (exact) mass is 294 g/mol. The second-order valence-electron chi connectivity index (χ2n) is 3.77. The van der Waals surface area contributed by atoms with E-state index in [0.29, 0.717) is 0 Å². The number of benzene rings is 1. The number of rotatable bonds is 6. The summed E-state index contributed by atoms with van der Waals surface area (Å²) in [6, 6.07) is 7.52. The number of hydrogen-bond acceptors (Lipinski definition) is 5. The number of esters is 2. The number of carbonyl (C=O) groups excluding carboxylic acids is 2. The maximum Gasteiger partial charge on any atom is 0.345 e. The number of hydrogen-bond donors (Lipinski definition) is 0. The van der Waals surface area contributed by atoms with Crippen LogP contribution in [0.3, 0.4) is 0 Å². The van der Waals surface area contributed by atoms with Gasteiger partial charge in [0, 0.05) is 4.90 Å². The Morgan fingerprint density at radius 2 is 1.55 bits per heavy atom. The van der Waals surface area contributed by atoms with Gasteiger partial charge in [-0.3, -0.25) is 0 Å². The Labute approximate surface area is 123 Å². The SMILES string of the molecule is CCOC(=O)C(=Cc1ccc(SC)cc1)C(=O)OCC. The van der Waals surface area contributed by atoms with E-state index in [0.717, 1.165) is 10.5 Å². The molecule has 0 radical (unpaired) electrons. The van der Waals surface area contributed by atoms with Gasteiger partial charge < -0.3 is 9.47 Å². The van der Waals surface area contributed by atoms with Gasteiger partial charge in [-0.2, -0.15) is 0 Å². The van der Waals surface area contributed by atoms with E-state index in [1.54, 1.807) is 25.6 Å². The molecule has 0 heterocycles. The maximum absolute atomic E-state index is 11.8. The van der Waals surface area contributed by atoms with E-state index in [1.807, 2.05) is 30.5 Å². The van der Waals surface area contributed by atoms with Gasteiger partial charge in [0.15, 0.2) is 0 Å². The molecule has 0 atom stereocenters. The van der Waals surface area contributed by atoms with Crippen molar-refractivity contribution in [2.75, 3.05) is 19.5 Å². The molecule has 1 aromatic carbocycles. The van der Waals surface area contributed by atoms with Crippen LogP contribution in [0.15, 0.2) is 34.7 Å². The van der Waals surface area contributed by atoms with Crippen molar-refractivity contribution in [2.24, 2.45) is 0 Å². The third-order valence-corrected chi connectivity index (χ3v) is 3.16. The molecular weight excluding hydrogens is 276 g/mol. The van der Waals surface area contributed by atoms with Crippen molar-refractivity contribution in [1.29, 1.82) is 0 Å². The molecule has 0 aliphatic rings. The average Bonchev–Trinajstić information content (AvgIpc) is 2.45.